The van der Waals surface area contributed by atoms with Crippen molar-refractivity contribution in [3.05, 3.63) is 66.1 Å². The summed E-state index contributed by atoms with van der Waals surface area (Å²) in [5.74, 6) is 0.375. The van der Waals surface area contributed by atoms with E-state index in [4.69, 9.17) is 4.74 Å². The van der Waals surface area contributed by atoms with Crippen LogP contribution < -0.4 is 4.74 Å². The quantitative estimate of drug-likeness (QED) is 0.731. The van der Waals surface area contributed by atoms with Crippen molar-refractivity contribution in [2.75, 3.05) is 0 Å². The second kappa shape index (κ2) is 5.12. The van der Waals surface area contributed by atoms with Crippen LogP contribution in [0.1, 0.15) is 11.3 Å². The van der Waals surface area contributed by atoms with E-state index in [1.807, 2.05) is 35.0 Å². The lowest BCUT2D eigenvalue weighted by molar-refractivity contribution is -0.137. The van der Waals surface area contributed by atoms with Gasteiger partial charge in [-0.25, -0.2) is 4.98 Å². The molecular formula is C15H11F3N2O. The van der Waals surface area contributed by atoms with Gasteiger partial charge in [-0.3, -0.25) is 0 Å². The van der Waals surface area contributed by atoms with E-state index in [2.05, 4.69) is 4.98 Å². The van der Waals surface area contributed by atoms with Crippen molar-refractivity contribution in [1.29, 1.82) is 0 Å². The first-order valence-electron chi connectivity index (χ1n) is 6.25. The molecule has 0 amide bonds. The Kier molecular flexibility index (Phi) is 3.29. The van der Waals surface area contributed by atoms with Crippen LogP contribution in [0.4, 0.5) is 13.2 Å². The topological polar surface area (TPSA) is 26.5 Å². The number of ether oxygens (including phenoxy) is 1. The van der Waals surface area contributed by atoms with Gasteiger partial charge in [-0.15, -0.1) is 0 Å². The zero-order valence-electron chi connectivity index (χ0n) is 10.8. The Labute approximate surface area is 118 Å². The zero-order valence-corrected chi connectivity index (χ0v) is 10.8. The molecule has 3 nitrogen and oxygen atoms in total. The van der Waals surface area contributed by atoms with Gasteiger partial charge in [0.05, 0.1) is 11.3 Å². The number of alkyl halides is 3. The Morgan fingerprint density at radius 2 is 1.81 bits per heavy atom. The van der Waals surface area contributed by atoms with Crippen molar-refractivity contribution >= 4 is 5.65 Å². The van der Waals surface area contributed by atoms with Crippen LogP contribution in [0.5, 0.6) is 5.75 Å². The maximum Gasteiger partial charge on any atom is 0.416 e. The molecule has 0 N–H and O–H groups in total. The van der Waals surface area contributed by atoms with Crippen molar-refractivity contribution in [2.45, 2.75) is 12.8 Å². The van der Waals surface area contributed by atoms with E-state index >= 15 is 0 Å². The maximum atomic E-state index is 12.4. The lowest BCUT2D eigenvalue weighted by Crippen LogP contribution is -2.04. The Balaban J connectivity index is 1.69. The van der Waals surface area contributed by atoms with Crippen molar-refractivity contribution in [3.63, 3.8) is 0 Å². The van der Waals surface area contributed by atoms with Crippen LogP contribution in [0.25, 0.3) is 5.65 Å². The van der Waals surface area contributed by atoms with E-state index in [0.717, 1.165) is 17.8 Å². The molecule has 0 unspecified atom stereocenters. The van der Waals surface area contributed by atoms with Gasteiger partial charge >= 0.3 is 6.18 Å². The molecule has 0 atom stereocenters. The molecule has 2 aromatic heterocycles. The van der Waals surface area contributed by atoms with E-state index in [0.29, 0.717) is 11.4 Å². The minimum absolute atomic E-state index is 0.201. The molecule has 0 aliphatic heterocycles. The third kappa shape index (κ3) is 2.99. The number of imidazole rings is 1. The molecule has 0 fully saturated rings. The molecule has 108 valence electrons. The molecule has 0 aliphatic rings. The largest absolute Gasteiger partial charge is 0.487 e. The van der Waals surface area contributed by atoms with Crippen molar-refractivity contribution in [3.8, 4) is 5.75 Å². The lowest BCUT2D eigenvalue weighted by Gasteiger charge is -2.08. The predicted octanol–water partition coefficient (Wildman–Crippen LogP) is 3.93. The van der Waals surface area contributed by atoms with E-state index in [-0.39, 0.29) is 6.61 Å². The van der Waals surface area contributed by atoms with Gasteiger partial charge in [0.2, 0.25) is 0 Å². The summed E-state index contributed by atoms with van der Waals surface area (Å²) in [7, 11) is 0. The van der Waals surface area contributed by atoms with E-state index in [1.54, 1.807) is 0 Å². The van der Waals surface area contributed by atoms with Gasteiger partial charge in [0.25, 0.3) is 0 Å². The first kappa shape index (κ1) is 13.5. The van der Waals surface area contributed by atoms with Gasteiger partial charge in [0.15, 0.2) is 0 Å². The highest BCUT2D eigenvalue weighted by atomic mass is 19.4. The Morgan fingerprint density at radius 3 is 2.48 bits per heavy atom. The first-order chi connectivity index (χ1) is 10.0. The van der Waals surface area contributed by atoms with Gasteiger partial charge in [0.1, 0.15) is 18.0 Å². The van der Waals surface area contributed by atoms with Crippen LogP contribution in [-0.4, -0.2) is 9.38 Å². The fraction of sp³-hybridized carbons (Fsp3) is 0.133. The smallest absolute Gasteiger partial charge is 0.416 e. The Bertz CT molecular complexity index is 714. The molecule has 21 heavy (non-hydrogen) atoms. The van der Waals surface area contributed by atoms with Gasteiger partial charge in [-0.1, -0.05) is 6.07 Å². The molecule has 0 radical (unpaired) electrons. The molecule has 0 saturated heterocycles. The maximum absolute atomic E-state index is 12.4. The summed E-state index contributed by atoms with van der Waals surface area (Å²) in [5.41, 5.74) is 0.812. The third-order valence-electron chi connectivity index (χ3n) is 2.98. The highest BCUT2D eigenvalue weighted by Crippen LogP contribution is 2.30. The number of pyridine rings is 1. The fourth-order valence-electron chi connectivity index (χ4n) is 1.95. The van der Waals surface area contributed by atoms with E-state index in [1.165, 1.54) is 12.1 Å². The molecule has 0 aliphatic carbocycles. The number of aromatic nitrogens is 2. The normalized spacial score (nSPS) is 11.8. The van der Waals surface area contributed by atoms with Crippen LogP contribution in [-0.2, 0) is 12.8 Å². The molecule has 3 aromatic rings. The fourth-order valence-corrected chi connectivity index (χ4v) is 1.95. The molecule has 0 spiro atoms. The second-order valence-corrected chi connectivity index (χ2v) is 4.51. The number of rotatable bonds is 3. The Hall–Kier alpha value is -2.50. The second-order valence-electron chi connectivity index (χ2n) is 4.51. The highest BCUT2D eigenvalue weighted by molar-refractivity contribution is 5.39. The van der Waals surface area contributed by atoms with Gasteiger partial charge in [0, 0.05) is 12.4 Å². The third-order valence-corrected chi connectivity index (χ3v) is 2.98. The Morgan fingerprint density at radius 1 is 1.05 bits per heavy atom. The highest BCUT2D eigenvalue weighted by Gasteiger charge is 2.29. The van der Waals surface area contributed by atoms with Crippen LogP contribution in [0.3, 0.4) is 0 Å². The number of nitrogens with zero attached hydrogens (tertiary/aromatic N) is 2. The summed E-state index contributed by atoms with van der Waals surface area (Å²) in [4.78, 5) is 4.34. The molecule has 0 saturated carbocycles. The average Bonchev–Trinajstić information content (AvgIpc) is 2.87. The molecule has 6 heteroatoms. The van der Waals surface area contributed by atoms with Crippen LogP contribution in [0.15, 0.2) is 54.9 Å². The van der Waals surface area contributed by atoms with Crippen molar-refractivity contribution in [1.82, 2.24) is 9.38 Å². The van der Waals surface area contributed by atoms with Crippen molar-refractivity contribution in [2.24, 2.45) is 0 Å². The zero-order chi connectivity index (χ0) is 14.9. The van der Waals surface area contributed by atoms with Crippen LogP contribution in [0, 0.1) is 0 Å². The summed E-state index contributed by atoms with van der Waals surface area (Å²) in [6.07, 6.45) is -0.649. The number of hydrogen-bond donors (Lipinski definition) is 0. The van der Waals surface area contributed by atoms with Gasteiger partial charge in [-0.2, -0.15) is 13.2 Å². The van der Waals surface area contributed by atoms with Gasteiger partial charge in [-0.05, 0) is 36.4 Å². The van der Waals surface area contributed by atoms with Crippen LogP contribution >= 0.6 is 0 Å². The average molecular weight is 292 g/mol. The van der Waals surface area contributed by atoms with E-state index < -0.39 is 11.7 Å². The summed E-state index contributed by atoms with van der Waals surface area (Å²) >= 11 is 0. The van der Waals surface area contributed by atoms with Crippen LogP contribution in [0.2, 0.25) is 0 Å². The lowest BCUT2D eigenvalue weighted by atomic mass is 10.2. The monoisotopic (exact) mass is 292 g/mol. The molecular weight excluding hydrogens is 281 g/mol. The number of benzene rings is 1. The molecule has 3 rings (SSSR count). The summed E-state index contributed by atoms with van der Waals surface area (Å²) in [5, 5.41) is 0. The summed E-state index contributed by atoms with van der Waals surface area (Å²) in [6, 6.07) is 10.2. The SMILES string of the molecule is FC(F)(F)c1ccc(OCc2cn3ccccc3n2)cc1. The van der Waals surface area contributed by atoms with E-state index in [9.17, 15) is 13.2 Å². The number of fused-ring (bicyclic) bond motifs is 1. The van der Waals surface area contributed by atoms with Crippen molar-refractivity contribution < 1.29 is 17.9 Å². The number of halogens is 3. The minimum Gasteiger partial charge on any atom is -0.487 e. The minimum atomic E-state index is -4.33. The molecule has 0 bridgehead atoms. The van der Waals surface area contributed by atoms with Gasteiger partial charge < -0.3 is 9.14 Å². The first-order valence-corrected chi connectivity index (χ1v) is 6.25. The summed E-state index contributed by atoms with van der Waals surface area (Å²) in [6.45, 7) is 0.201. The number of hydrogen-bond acceptors (Lipinski definition) is 2. The molecule has 1 aromatic carbocycles. The predicted molar refractivity (Wildman–Crippen MR) is 71.0 cm³/mol. The summed E-state index contributed by atoms with van der Waals surface area (Å²) < 4.78 is 44.6. The standard InChI is InChI=1S/C15H11F3N2O/c16-15(17,18)11-4-6-13(7-5-11)21-10-12-9-20-8-2-1-3-14(20)19-12/h1-9H,10H2. The molecule has 2 heterocycles.